The number of nitrogen functional groups attached to an aromatic ring is 1. The van der Waals surface area contributed by atoms with Crippen molar-refractivity contribution in [2.75, 3.05) is 19.5 Å². The highest BCUT2D eigenvalue weighted by atomic mass is 19.1. The van der Waals surface area contributed by atoms with Gasteiger partial charge >= 0.3 is 0 Å². The van der Waals surface area contributed by atoms with Gasteiger partial charge in [0.2, 0.25) is 0 Å². The second-order valence-electron chi connectivity index (χ2n) is 3.14. The fourth-order valence-electron chi connectivity index (χ4n) is 1.12. The van der Waals surface area contributed by atoms with Gasteiger partial charge in [-0.3, -0.25) is 16.1 Å². The number of para-hydroxylation sites is 1. The van der Waals surface area contributed by atoms with Crippen molar-refractivity contribution >= 4 is 11.6 Å². The lowest BCUT2D eigenvalue weighted by atomic mass is 10.1. The second-order valence-corrected chi connectivity index (χ2v) is 3.14. The molecule has 0 bridgehead atoms. The molecule has 0 saturated heterocycles. The van der Waals surface area contributed by atoms with E-state index in [1.165, 1.54) is 23.2 Å². The number of benzene rings is 1. The van der Waals surface area contributed by atoms with Gasteiger partial charge in [-0.05, 0) is 12.1 Å². The number of nitrogens with zero attached hydrogens (tertiary/aromatic N) is 1. The quantitative estimate of drug-likeness (QED) is 0.498. The smallest absolute Gasteiger partial charge is 0.267 e. The van der Waals surface area contributed by atoms with Gasteiger partial charge in [0.05, 0.1) is 11.3 Å². The van der Waals surface area contributed by atoms with Crippen molar-refractivity contribution in [2.45, 2.75) is 0 Å². The highest BCUT2D eigenvalue weighted by molar-refractivity contribution is 5.99. The summed E-state index contributed by atoms with van der Waals surface area (Å²) in [4.78, 5) is 11.6. The van der Waals surface area contributed by atoms with E-state index in [0.29, 0.717) is 0 Å². The lowest BCUT2D eigenvalue weighted by Crippen LogP contribution is -2.36. The molecule has 82 valence electrons. The molecule has 0 aliphatic rings. The van der Waals surface area contributed by atoms with Crippen molar-refractivity contribution in [3.63, 3.8) is 0 Å². The van der Waals surface area contributed by atoms with Gasteiger partial charge in [0.15, 0.2) is 0 Å². The predicted octanol–water partition coefficient (Wildman–Crippen LogP) is 0.318. The third kappa shape index (κ3) is 2.64. The Morgan fingerprint density at radius 3 is 2.67 bits per heavy atom. The van der Waals surface area contributed by atoms with E-state index < -0.39 is 11.7 Å². The van der Waals surface area contributed by atoms with Gasteiger partial charge < -0.3 is 5.43 Å². The number of hydrogen-bond donors (Lipinski definition) is 3. The molecule has 0 aromatic heterocycles. The molecule has 5 nitrogen and oxygen atoms in total. The van der Waals surface area contributed by atoms with Crippen LogP contribution < -0.4 is 16.7 Å². The van der Waals surface area contributed by atoms with Gasteiger partial charge in [-0.25, -0.2) is 9.40 Å². The van der Waals surface area contributed by atoms with Crippen LogP contribution in [0.1, 0.15) is 10.4 Å². The molecule has 0 heterocycles. The Kier molecular flexibility index (Phi) is 3.59. The second kappa shape index (κ2) is 4.72. The lowest BCUT2D eigenvalue weighted by molar-refractivity contribution is 0.0857. The van der Waals surface area contributed by atoms with Crippen LogP contribution in [-0.2, 0) is 0 Å². The number of amides is 1. The van der Waals surface area contributed by atoms with Gasteiger partial charge in [0.1, 0.15) is 5.82 Å². The zero-order valence-electron chi connectivity index (χ0n) is 8.54. The van der Waals surface area contributed by atoms with Crippen molar-refractivity contribution in [1.29, 1.82) is 0 Å². The monoisotopic (exact) mass is 212 g/mol. The normalized spacial score (nSPS) is 10.2. The molecule has 0 aliphatic carbocycles. The molecule has 1 rings (SSSR count). The molecular formula is C9H13FN4O. The molecule has 1 amide bonds. The molecule has 0 aliphatic heterocycles. The fraction of sp³-hybridized carbons (Fsp3) is 0.222. The molecule has 0 spiro atoms. The van der Waals surface area contributed by atoms with Crippen molar-refractivity contribution in [3.05, 3.63) is 29.6 Å². The maximum absolute atomic E-state index is 13.2. The molecule has 1 aromatic rings. The highest BCUT2D eigenvalue weighted by Gasteiger charge is 2.14. The standard InChI is InChI=1S/C9H13FN4O/c1-14(2)13-9(15)6-4-3-5-7(10)8(6)12-11/h3-5,12H,11H2,1-2H3,(H,13,15). The number of nitrogens with one attached hydrogen (secondary N) is 2. The third-order valence-electron chi connectivity index (χ3n) is 1.73. The van der Waals surface area contributed by atoms with Crippen LogP contribution in [0.15, 0.2) is 18.2 Å². The lowest BCUT2D eigenvalue weighted by Gasteiger charge is -2.14. The Balaban J connectivity index is 3.03. The summed E-state index contributed by atoms with van der Waals surface area (Å²) in [6.45, 7) is 0. The molecule has 4 N–H and O–H groups in total. The van der Waals surface area contributed by atoms with Gasteiger partial charge in [-0.2, -0.15) is 0 Å². The number of hydrogen-bond acceptors (Lipinski definition) is 4. The summed E-state index contributed by atoms with van der Waals surface area (Å²) in [6.07, 6.45) is 0. The first-order valence-electron chi connectivity index (χ1n) is 4.29. The SMILES string of the molecule is CN(C)NC(=O)c1cccc(F)c1NN. The van der Waals surface area contributed by atoms with Gasteiger partial charge in [-0.15, -0.1) is 0 Å². The van der Waals surface area contributed by atoms with E-state index in [1.807, 2.05) is 0 Å². The minimum Gasteiger partial charge on any atom is -0.321 e. The van der Waals surface area contributed by atoms with Crippen LogP contribution in [0.4, 0.5) is 10.1 Å². The summed E-state index contributed by atoms with van der Waals surface area (Å²) >= 11 is 0. The first kappa shape index (κ1) is 11.4. The van der Waals surface area contributed by atoms with Crippen molar-refractivity contribution in [1.82, 2.24) is 10.4 Å². The summed E-state index contributed by atoms with van der Waals surface area (Å²) in [7, 11) is 3.32. The molecule has 1 aromatic carbocycles. The van der Waals surface area contributed by atoms with E-state index in [0.717, 1.165) is 0 Å². The number of carbonyl (C=O) groups is 1. The van der Waals surface area contributed by atoms with E-state index in [1.54, 1.807) is 14.1 Å². The first-order chi connectivity index (χ1) is 7.06. The van der Waals surface area contributed by atoms with Crippen LogP contribution in [0.2, 0.25) is 0 Å². The van der Waals surface area contributed by atoms with Crippen molar-refractivity contribution in [2.24, 2.45) is 5.84 Å². The van der Waals surface area contributed by atoms with Crippen molar-refractivity contribution < 1.29 is 9.18 Å². The highest BCUT2D eigenvalue weighted by Crippen LogP contribution is 2.18. The van der Waals surface area contributed by atoms with Gasteiger partial charge in [-0.1, -0.05) is 6.07 Å². The summed E-state index contributed by atoms with van der Waals surface area (Å²) in [5, 5.41) is 1.47. The largest absolute Gasteiger partial charge is 0.321 e. The number of rotatable bonds is 3. The van der Waals surface area contributed by atoms with E-state index in [4.69, 9.17) is 5.84 Å². The summed E-state index contributed by atoms with van der Waals surface area (Å²) < 4.78 is 13.2. The predicted molar refractivity (Wildman–Crippen MR) is 55.4 cm³/mol. The molecule has 0 radical (unpaired) electrons. The third-order valence-corrected chi connectivity index (χ3v) is 1.73. The Labute approximate surface area is 87.0 Å². The van der Waals surface area contributed by atoms with E-state index in [2.05, 4.69) is 10.9 Å². The topological polar surface area (TPSA) is 70.4 Å². The zero-order valence-corrected chi connectivity index (χ0v) is 8.54. The minimum absolute atomic E-state index is 0.0168. The molecular weight excluding hydrogens is 199 g/mol. The van der Waals surface area contributed by atoms with Crippen LogP contribution in [0.3, 0.4) is 0 Å². The van der Waals surface area contributed by atoms with E-state index in [9.17, 15) is 9.18 Å². The van der Waals surface area contributed by atoms with Crippen LogP contribution in [0.25, 0.3) is 0 Å². The molecule has 6 heteroatoms. The average Bonchev–Trinajstić information content (AvgIpc) is 2.16. The Morgan fingerprint density at radius 2 is 2.13 bits per heavy atom. The molecule has 0 unspecified atom stereocenters. The average molecular weight is 212 g/mol. The Hall–Kier alpha value is -1.66. The Morgan fingerprint density at radius 1 is 1.47 bits per heavy atom. The first-order valence-corrected chi connectivity index (χ1v) is 4.29. The minimum atomic E-state index is -0.566. The summed E-state index contributed by atoms with van der Waals surface area (Å²) in [6, 6.07) is 4.15. The number of hydrazine groups is 2. The molecule has 0 saturated carbocycles. The maximum atomic E-state index is 13.2. The van der Waals surface area contributed by atoms with Gasteiger partial charge in [0, 0.05) is 14.1 Å². The molecule has 15 heavy (non-hydrogen) atoms. The van der Waals surface area contributed by atoms with Crippen LogP contribution >= 0.6 is 0 Å². The fourth-order valence-corrected chi connectivity index (χ4v) is 1.12. The number of anilines is 1. The number of carbonyl (C=O) groups excluding carboxylic acids is 1. The van der Waals surface area contributed by atoms with Gasteiger partial charge in [0.25, 0.3) is 5.91 Å². The molecule has 0 fully saturated rings. The van der Waals surface area contributed by atoms with Crippen molar-refractivity contribution in [3.8, 4) is 0 Å². The molecule has 0 atom stereocenters. The number of nitrogens with two attached hydrogens (primary N) is 1. The van der Waals surface area contributed by atoms with Crippen LogP contribution in [0, 0.1) is 5.82 Å². The van der Waals surface area contributed by atoms with Crippen LogP contribution in [-0.4, -0.2) is 25.0 Å². The van der Waals surface area contributed by atoms with E-state index in [-0.39, 0.29) is 11.3 Å². The number of halogens is 1. The maximum Gasteiger partial charge on any atom is 0.267 e. The van der Waals surface area contributed by atoms with E-state index >= 15 is 0 Å². The summed E-state index contributed by atoms with van der Waals surface area (Å²) in [5.74, 6) is 4.15. The zero-order chi connectivity index (χ0) is 11.4. The summed E-state index contributed by atoms with van der Waals surface area (Å²) in [5.41, 5.74) is 4.80. The Bertz CT molecular complexity index is 367. The van der Waals surface area contributed by atoms with Crippen LogP contribution in [0.5, 0.6) is 0 Å².